The third-order valence-corrected chi connectivity index (χ3v) is 6.12. The van der Waals surface area contributed by atoms with Crippen molar-refractivity contribution in [3.05, 3.63) is 12.7 Å². The van der Waals surface area contributed by atoms with Crippen LogP contribution in [0.1, 0.15) is 88.0 Å². The molecule has 1 aliphatic carbocycles. The van der Waals surface area contributed by atoms with E-state index in [0.29, 0.717) is 22.0 Å². The molecule has 3 unspecified atom stereocenters. The van der Waals surface area contributed by atoms with Gasteiger partial charge in [-0.1, -0.05) is 79.0 Å². The summed E-state index contributed by atoms with van der Waals surface area (Å²) in [4.78, 5) is 0. The van der Waals surface area contributed by atoms with E-state index in [9.17, 15) is 0 Å². The molecule has 0 aromatic rings. The molecule has 23 heavy (non-hydrogen) atoms. The number of hydrogen-bond donors (Lipinski definition) is 0. The molecule has 0 heterocycles. The lowest BCUT2D eigenvalue weighted by molar-refractivity contribution is 0.342. The summed E-state index contributed by atoms with van der Waals surface area (Å²) in [5.74, 6) is 3.30. The Bertz CT molecular complexity index is 383. The molecule has 0 aliphatic heterocycles. The van der Waals surface area contributed by atoms with Gasteiger partial charge in [0.25, 0.3) is 0 Å². The molecule has 0 N–H and O–H groups in total. The van der Waals surface area contributed by atoms with Crippen molar-refractivity contribution in [2.75, 3.05) is 0 Å². The van der Waals surface area contributed by atoms with Crippen molar-refractivity contribution in [3.63, 3.8) is 0 Å². The van der Waals surface area contributed by atoms with E-state index in [4.69, 9.17) is 0 Å². The van der Waals surface area contributed by atoms with Crippen molar-refractivity contribution in [2.45, 2.75) is 98.6 Å². The largest absolute Gasteiger partial charge is 0.135 e. The lowest BCUT2D eigenvalue weighted by atomic mass is 9.36. The molecule has 0 aromatic carbocycles. The lowest BCUT2D eigenvalue weighted by Gasteiger charge is -2.39. The summed E-state index contributed by atoms with van der Waals surface area (Å²) < 4.78 is 0. The molecule has 0 amide bonds. The molecular formula is C22H43B. The molecule has 1 rings (SSSR count). The van der Waals surface area contributed by atoms with E-state index in [1.165, 1.54) is 33.0 Å². The molecule has 0 saturated heterocycles. The predicted octanol–water partition coefficient (Wildman–Crippen LogP) is 7.13. The first-order chi connectivity index (χ1) is 10.3. The molecule has 1 aliphatic rings. The first-order valence-electron chi connectivity index (χ1n) is 9.91. The molecule has 0 aromatic heterocycles. The summed E-state index contributed by atoms with van der Waals surface area (Å²) in [5, 5.41) is 0.816. The van der Waals surface area contributed by atoms with Gasteiger partial charge >= 0.3 is 0 Å². The summed E-state index contributed by atoms with van der Waals surface area (Å²) in [6.45, 7) is 25.9. The summed E-state index contributed by atoms with van der Waals surface area (Å²) in [7, 11) is 1.32. The van der Waals surface area contributed by atoms with E-state index in [1.54, 1.807) is 0 Å². The van der Waals surface area contributed by atoms with Gasteiger partial charge in [-0.3, -0.25) is 0 Å². The van der Waals surface area contributed by atoms with Crippen LogP contribution in [0.3, 0.4) is 0 Å². The van der Waals surface area contributed by atoms with Crippen molar-refractivity contribution in [2.24, 2.45) is 29.1 Å². The zero-order chi connectivity index (χ0) is 18.1. The van der Waals surface area contributed by atoms with Crippen molar-refractivity contribution in [1.82, 2.24) is 0 Å². The van der Waals surface area contributed by atoms with Gasteiger partial charge in [0.1, 0.15) is 7.28 Å². The maximum Gasteiger partial charge on any atom is 0.135 e. The maximum absolute atomic E-state index is 4.14. The highest BCUT2D eigenvalue weighted by Gasteiger charge is 2.50. The van der Waals surface area contributed by atoms with Crippen LogP contribution in [0.5, 0.6) is 0 Å². The van der Waals surface area contributed by atoms with Crippen LogP contribution < -0.4 is 0 Å². The molecule has 0 radical (unpaired) electrons. The van der Waals surface area contributed by atoms with Gasteiger partial charge in [0, 0.05) is 0 Å². The Kier molecular flexibility index (Phi) is 6.67. The van der Waals surface area contributed by atoms with Crippen LogP contribution in [-0.2, 0) is 0 Å². The second-order valence-corrected chi connectivity index (χ2v) is 11.3. The zero-order valence-electron chi connectivity index (χ0n) is 17.6. The minimum Gasteiger partial charge on any atom is -0.103 e. The Morgan fingerprint density at radius 3 is 2.09 bits per heavy atom. The monoisotopic (exact) mass is 318 g/mol. The fourth-order valence-electron chi connectivity index (χ4n) is 4.82. The van der Waals surface area contributed by atoms with E-state index < -0.39 is 0 Å². The minimum absolute atomic E-state index is 0.354. The quantitative estimate of drug-likeness (QED) is 0.313. The van der Waals surface area contributed by atoms with E-state index in [0.717, 1.165) is 17.8 Å². The smallest absolute Gasteiger partial charge is 0.103 e. The van der Waals surface area contributed by atoms with Crippen LogP contribution in [0.2, 0.25) is 10.6 Å². The normalized spacial score (nSPS) is 23.7. The first-order valence-corrected chi connectivity index (χ1v) is 9.91. The Balaban J connectivity index is 2.62. The first kappa shape index (κ1) is 20.8. The van der Waals surface area contributed by atoms with Gasteiger partial charge in [0.2, 0.25) is 0 Å². The Morgan fingerprint density at radius 2 is 1.65 bits per heavy atom. The maximum atomic E-state index is 4.14. The SMILES string of the molecule is C=CC(CC(C)C)C(C)(C)BC(C)(C)C1CC1CCC(C)(C)C. The van der Waals surface area contributed by atoms with Crippen LogP contribution >= 0.6 is 0 Å². The zero-order valence-corrected chi connectivity index (χ0v) is 17.6. The molecule has 1 fully saturated rings. The highest BCUT2D eigenvalue weighted by molar-refractivity contribution is 6.44. The van der Waals surface area contributed by atoms with Gasteiger partial charge in [0.15, 0.2) is 0 Å². The summed E-state index contributed by atoms with van der Waals surface area (Å²) >= 11 is 0. The molecule has 134 valence electrons. The lowest BCUT2D eigenvalue weighted by Crippen LogP contribution is -2.32. The molecule has 0 bridgehead atoms. The third-order valence-electron chi connectivity index (χ3n) is 6.12. The topological polar surface area (TPSA) is 0 Å². The van der Waals surface area contributed by atoms with Crippen LogP contribution in [-0.4, -0.2) is 7.28 Å². The second kappa shape index (κ2) is 7.36. The fraction of sp³-hybridized carbons (Fsp3) is 0.909. The Hall–Kier alpha value is -0.195. The van der Waals surface area contributed by atoms with Gasteiger partial charge in [-0.25, -0.2) is 0 Å². The highest BCUT2D eigenvalue weighted by atomic mass is 14.5. The van der Waals surface area contributed by atoms with E-state index in [2.05, 4.69) is 75.0 Å². The number of hydrogen-bond acceptors (Lipinski definition) is 0. The van der Waals surface area contributed by atoms with Crippen LogP contribution in [0.15, 0.2) is 12.7 Å². The minimum atomic E-state index is 0.354. The van der Waals surface area contributed by atoms with Gasteiger partial charge in [-0.2, -0.15) is 0 Å². The average Bonchev–Trinajstić information content (AvgIpc) is 3.11. The Morgan fingerprint density at radius 1 is 1.09 bits per heavy atom. The van der Waals surface area contributed by atoms with Gasteiger partial charge < -0.3 is 0 Å². The second-order valence-electron chi connectivity index (χ2n) is 11.3. The van der Waals surface area contributed by atoms with Crippen LogP contribution in [0.25, 0.3) is 0 Å². The molecule has 1 saturated carbocycles. The standard InChI is InChI=1S/C22H43B/c1-11-18(14-16(2)3)21(7,8)23-22(9,10)19-15-17(19)12-13-20(4,5)6/h11,16-19,23H,1,12-15H2,2-10H3. The number of allylic oxidation sites excluding steroid dienone is 1. The van der Waals surface area contributed by atoms with Crippen molar-refractivity contribution < 1.29 is 0 Å². The van der Waals surface area contributed by atoms with Gasteiger partial charge in [-0.05, 0) is 54.8 Å². The molecule has 1 heteroatoms. The van der Waals surface area contributed by atoms with E-state index in [-0.39, 0.29) is 0 Å². The molecular weight excluding hydrogens is 275 g/mol. The highest BCUT2D eigenvalue weighted by Crippen LogP contribution is 2.60. The molecule has 0 nitrogen and oxygen atoms in total. The van der Waals surface area contributed by atoms with Gasteiger partial charge in [0.05, 0.1) is 0 Å². The summed E-state index contributed by atoms with van der Waals surface area (Å²) in [6, 6.07) is 0. The average molecular weight is 318 g/mol. The molecule has 3 atom stereocenters. The molecule has 0 spiro atoms. The Labute approximate surface area is 148 Å². The van der Waals surface area contributed by atoms with Crippen LogP contribution in [0, 0.1) is 29.1 Å². The van der Waals surface area contributed by atoms with Crippen molar-refractivity contribution in [1.29, 1.82) is 0 Å². The van der Waals surface area contributed by atoms with Crippen molar-refractivity contribution >= 4 is 7.28 Å². The third kappa shape index (κ3) is 6.67. The van der Waals surface area contributed by atoms with E-state index >= 15 is 0 Å². The van der Waals surface area contributed by atoms with E-state index in [1.807, 2.05) is 0 Å². The predicted molar refractivity (Wildman–Crippen MR) is 109 cm³/mol. The summed E-state index contributed by atoms with van der Waals surface area (Å²) in [6.07, 6.45) is 7.75. The fourth-order valence-corrected chi connectivity index (χ4v) is 4.82. The number of rotatable bonds is 9. The summed E-state index contributed by atoms with van der Waals surface area (Å²) in [5.41, 5.74) is 0.488. The van der Waals surface area contributed by atoms with Crippen LogP contribution in [0.4, 0.5) is 0 Å². The van der Waals surface area contributed by atoms with Crippen molar-refractivity contribution in [3.8, 4) is 0 Å². The van der Waals surface area contributed by atoms with Gasteiger partial charge in [-0.15, -0.1) is 6.58 Å².